The number of nitriles is 1. The molecule has 0 aliphatic carbocycles. The number of hydrogen-bond acceptors (Lipinski definition) is 6. The van der Waals surface area contributed by atoms with Gasteiger partial charge in [0, 0.05) is 16.6 Å². The summed E-state index contributed by atoms with van der Waals surface area (Å²) >= 11 is 1.01. The first-order valence-corrected chi connectivity index (χ1v) is 7.50. The molecular formula is C14H20N2O4S. The Morgan fingerprint density at radius 2 is 2.05 bits per heavy atom. The van der Waals surface area contributed by atoms with Gasteiger partial charge >= 0.3 is 5.97 Å². The number of carbonyl (C=O) groups excluding carboxylic acids is 3. The molecule has 7 heteroatoms. The third kappa shape index (κ3) is 3.97. The van der Waals surface area contributed by atoms with Crippen molar-refractivity contribution in [2.24, 2.45) is 5.41 Å². The van der Waals surface area contributed by atoms with Crippen LogP contribution in [-0.4, -0.2) is 35.1 Å². The quantitative estimate of drug-likeness (QED) is 0.452. The number of esters is 1. The van der Waals surface area contributed by atoms with Crippen LogP contribution in [0.3, 0.4) is 0 Å². The van der Waals surface area contributed by atoms with E-state index in [0.717, 1.165) is 11.8 Å². The second-order valence-electron chi connectivity index (χ2n) is 6.00. The SMILES string of the molecule is CC(C)(SC#N)C(C)(C)C(=O)CC(=O)NC1CCOC1=O. The highest BCUT2D eigenvalue weighted by molar-refractivity contribution is 8.05. The van der Waals surface area contributed by atoms with E-state index in [0.29, 0.717) is 6.42 Å². The third-order valence-corrected chi connectivity index (χ3v) is 5.21. The number of hydrogen-bond donors (Lipinski definition) is 1. The summed E-state index contributed by atoms with van der Waals surface area (Å²) in [6.07, 6.45) is 0.115. The zero-order chi connectivity index (χ0) is 16.3. The largest absolute Gasteiger partial charge is 0.464 e. The Labute approximate surface area is 128 Å². The minimum absolute atomic E-state index is 0.265. The molecule has 1 amide bonds. The molecule has 1 heterocycles. The topological polar surface area (TPSA) is 96.3 Å². The van der Waals surface area contributed by atoms with Crippen molar-refractivity contribution in [3.8, 4) is 5.40 Å². The van der Waals surface area contributed by atoms with Gasteiger partial charge < -0.3 is 10.1 Å². The summed E-state index contributed by atoms with van der Waals surface area (Å²) in [5, 5.41) is 13.3. The Kier molecular flexibility index (Phi) is 5.40. The molecular weight excluding hydrogens is 292 g/mol. The number of thioether (sulfide) groups is 1. The van der Waals surface area contributed by atoms with Crippen LogP contribution in [-0.2, 0) is 19.1 Å². The lowest BCUT2D eigenvalue weighted by Gasteiger charge is -2.37. The van der Waals surface area contributed by atoms with E-state index in [1.165, 1.54) is 0 Å². The minimum atomic E-state index is -0.846. The van der Waals surface area contributed by atoms with Crippen molar-refractivity contribution in [1.29, 1.82) is 5.26 Å². The van der Waals surface area contributed by atoms with Gasteiger partial charge in [0.2, 0.25) is 5.91 Å². The van der Waals surface area contributed by atoms with Crippen molar-refractivity contribution in [1.82, 2.24) is 5.32 Å². The number of thiocyanates is 1. The van der Waals surface area contributed by atoms with Gasteiger partial charge in [-0.1, -0.05) is 13.8 Å². The molecule has 1 aliphatic rings. The van der Waals surface area contributed by atoms with Crippen LogP contribution in [0.5, 0.6) is 0 Å². The molecule has 1 fully saturated rings. The second-order valence-corrected chi connectivity index (χ2v) is 7.41. The standard InChI is InChI=1S/C14H20N2O4S/c1-13(2,14(3,4)21-8-15)10(17)7-11(18)16-9-5-6-20-12(9)19/h9H,5-7H2,1-4H3,(H,16,18). The highest BCUT2D eigenvalue weighted by Gasteiger charge is 2.44. The lowest BCUT2D eigenvalue weighted by molar-refractivity contribution is -0.142. The predicted octanol–water partition coefficient (Wildman–Crippen LogP) is 1.40. The fraction of sp³-hybridized carbons (Fsp3) is 0.714. The normalized spacial score (nSPS) is 18.8. The van der Waals surface area contributed by atoms with Crippen LogP contribution >= 0.6 is 11.8 Å². The van der Waals surface area contributed by atoms with Gasteiger partial charge in [-0.15, -0.1) is 0 Å². The molecule has 21 heavy (non-hydrogen) atoms. The first-order chi connectivity index (χ1) is 9.61. The summed E-state index contributed by atoms with van der Waals surface area (Å²) in [5.74, 6) is -1.22. The fourth-order valence-corrected chi connectivity index (χ4v) is 2.41. The molecule has 0 aromatic rings. The summed E-state index contributed by atoms with van der Waals surface area (Å²) in [6, 6.07) is -0.657. The van der Waals surface area contributed by atoms with Crippen LogP contribution in [0.2, 0.25) is 0 Å². The zero-order valence-corrected chi connectivity index (χ0v) is 13.5. The summed E-state index contributed by atoms with van der Waals surface area (Å²) < 4.78 is 4.13. The Morgan fingerprint density at radius 1 is 1.43 bits per heavy atom. The van der Waals surface area contributed by atoms with Crippen LogP contribution in [0.1, 0.15) is 40.5 Å². The maximum atomic E-state index is 12.4. The van der Waals surface area contributed by atoms with E-state index < -0.39 is 28.1 Å². The highest BCUT2D eigenvalue weighted by Crippen LogP contribution is 2.42. The van der Waals surface area contributed by atoms with Crippen molar-refractivity contribution < 1.29 is 19.1 Å². The molecule has 0 radical (unpaired) electrons. The number of nitrogens with zero attached hydrogens (tertiary/aromatic N) is 1. The van der Waals surface area contributed by atoms with Crippen molar-refractivity contribution >= 4 is 29.4 Å². The van der Waals surface area contributed by atoms with E-state index in [1.54, 1.807) is 27.7 Å². The number of rotatable bonds is 6. The van der Waals surface area contributed by atoms with E-state index in [-0.39, 0.29) is 18.8 Å². The smallest absolute Gasteiger partial charge is 0.328 e. The first kappa shape index (κ1) is 17.5. The van der Waals surface area contributed by atoms with Gasteiger partial charge in [-0.25, -0.2) is 4.79 Å². The van der Waals surface area contributed by atoms with Crippen molar-refractivity contribution in [2.45, 2.75) is 51.3 Å². The molecule has 0 bridgehead atoms. The minimum Gasteiger partial charge on any atom is -0.464 e. The second kappa shape index (κ2) is 6.48. The number of Topliss-reactive ketones (excluding diaryl/α,β-unsaturated/α-hetero) is 1. The Morgan fingerprint density at radius 3 is 2.52 bits per heavy atom. The predicted molar refractivity (Wildman–Crippen MR) is 78.2 cm³/mol. The lowest BCUT2D eigenvalue weighted by atomic mass is 9.75. The average molecular weight is 312 g/mol. The van der Waals surface area contributed by atoms with Gasteiger partial charge in [0.1, 0.15) is 17.2 Å². The summed E-state index contributed by atoms with van der Waals surface area (Å²) in [6.45, 7) is 7.32. The number of amides is 1. The number of ether oxygens (including phenoxy) is 1. The van der Waals surface area contributed by atoms with Gasteiger partial charge in [-0.05, 0) is 25.6 Å². The van der Waals surface area contributed by atoms with Crippen LogP contribution in [0.4, 0.5) is 0 Å². The molecule has 1 N–H and O–H groups in total. The fourth-order valence-electron chi connectivity index (χ4n) is 1.82. The molecule has 1 saturated heterocycles. The number of cyclic esters (lactones) is 1. The van der Waals surface area contributed by atoms with Crippen molar-refractivity contribution in [3.05, 3.63) is 0 Å². The maximum Gasteiger partial charge on any atom is 0.328 e. The molecule has 116 valence electrons. The van der Waals surface area contributed by atoms with Crippen LogP contribution in [0, 0.1) is 16.1 Å². The summed E-state index contributed by atoms with van der Waals surface area (Å²) in [7, 11) is 0. The van der Waals surface area contributed by atoms with Gasteiger partial charge in [0.15, 0.2) is 0 Å². The number of carbonyl (C=O) groups is 3. The first-order valence-electron chi connectivity index (χ1n) is 6.68. The van der Waals surface area contributed by atoms with Gasteiger partial charge in [0.05, 0.1) is 13.0 Å². The molecule has 1 atom stereocenters. The number of nitrogens with one attached hydrogen (secondary N) is 1. The van der Waals surface area contributed by atoms with Crippen molar-refractivity contribution in [2.75, 3.05) is 6.61 Å². The number of ketones is 1. The highest BCUT2D eigenvalue weighted by atomic mass is 32.2. The molecule has 6 nitrogen and oxygen atoms in total. The maximum absolute atomic E-state index is 12.4. The Bertz CT molecular complexity index is 494. The van der Waals surface area contributed by atoms with Crippen LogP contribution < -0.4 is 5.32 Å². The molecule has 1 rings (SSSR count). The molecule has 0 saturated carbocycles. The van der Waals surface area contributed by atoms with Gasteiger partial charge in [0.25, 0.3) is 0 Å². The monoisotopic (exact) mass is 312 g/mol. The molecule has 1 unspecified atom stereocenters. The third-order valence-electron chi connectivity index (χ3n) is 4.09. The zero-order valence-electron chi connectivity index (χ0n) is 12.7. The average Bonchev–Trinajstić information content (AvgIpc) is 2.74. The van der Waals surface area contributed by atoms with E-state index in [4.69, 9.17) is 10.00 Å². The summed E-state index contributed by atoms with van der Waals surface area (Å²) in [4.78, 5) is 35.5. The molecule has 1 aliphatic heterocycles. The van der Waals surface area contributed by atoms with E-state index >= 15 is 0 Å². The van der Waals surface area contributed by atoms with E-state index in [1.807, 2.05) is 5.40 Å². The molecule has 0 spiro atoms. The summed E-state index contributed by atoms with van der Waals surface area (Å²) in [5.41, 5.74) is -0.846. The van der Waals surface area contributed by atoms with Crippen LogP contribution in [0.25, 0.3) is 0 Å². The van der Waals surface area contributed by atoms with Gasteiger partial charge in [-0.3, -0.25) is 9.59 Å². The van der Waals surface area contributed by atoms with Crippen molar-refractivity contribution in [3.63, 3.8) is 0 Å². The van der Waals surface area contributed by atoms with E-state index in [9.17, 15) is 14.4 Å². The Hall–Kier alpha value is -1.55. The lowest BCUT2D eigenvalue weighted by Crippen LogP contribution is -2.45. The van der Waals surface area contributed by atoms with Crippen LogP contribution in [0.15, 0.2) is 0 Å². The Balaban J connectivity index is 2.65. The van der Waals surface area contributed by atoms with Gasteiger partial charge in [-0.2, -0.15) is 5.26 Å². The molecule has 0 aromatic carbocycles. The molecule has 0 aromatic heterocycles. The van der Waals surface area contributed by atoms with E-state index in [2.05, 4.69) is 5.32 Å².